The van der Waals surface area contributed by atoms with Crippen molar-refractivity contribution in [3.63, 3.8) is 0 Å². The van der Waals surface area contributed by atoms with Crippen LogP contribution in [-0.4, -0.2) is 17.9 Å². The van der Waals surface area contributed by atoms with Crippen LogP contribution in [0, 0.1) is 21.7 Å². The van der Waals surface area contributed by atoms with Gasteiger partial charge in [0, 0.05) is 23.8 Å². The summed E-state index contributed by atoms with van der Waals surface area (Å²) in [6, 6.07) is 5.93. The van der Waals surface area contributed by atoms with Gasteiger partial charge in [-0.2, -0.15) is 0 Å². The van der Waals surface area contributed by atoms with Crippen LogP contribution in [-0.2, 0) is 0 Å². The molecule has 0 aliphatic carbocycles. The van der Waals surface area contributed by atoms with E-state index in [0.29, 0.717) is 6.07 Å². The van der Waals surface area contributed by atoms with Crippen LogP contribution < -0.4 is 10.1 Å². The lowest BCUT2D eigenvalue weighted by Crippen LogP contribution is -2.13. The molecule has 1 amide bonds. The second kappa shape index (κ2) is 6.17. The molecule has 2 aromatic carbocycles. The number of methoxy groups -OCH3 is 1. The fourth-order valence-electron chi connectivity index (χ4n) is 1.79. The molecule has 6 nitrogen and oxygen atoms in total. The summed E-state index contributed by atoms with van der Waals surface area (Å²) in [4.78, 5) is 22.1. The molecule has 0 spiro atoms. The summed E-state index contributed by atoms with van der Waals surface area (Å²) >= 11 is 0. The van der Waals surface area contributed by atoms with Crippen molar-refractivity contribution in [2.45, 2.75) is 0 Å². The molecule has 2 aromatic rings. The van der Waals surface area contributed by atoms with Crippen molar-refractivity contribution in [3.05, 3.63) is 63.7 Å². The van der Waals surface area contributed by atoms with Crippen LogP contribution >= 0.6 is 0 Å². The highest BCUT2D eigenvalue weighted by Gasteiger charge is 2.15. The standard InChI is InChI=1S/C14H10F2N2O4/c1-22-13-3-2-11(18(20)21)7-12(13)17-14(19)8-4-9(15)6-10(16)5-8/h2-7H,1H3,(H,17,19). The van der Waals surface area contributed by atoms with Gasteiger partial charge in [-0.25, -0.2) is 8.78 Å². The number of hydrogen-bond acceptors (Lipinski definition) is 4. The number of hydrogen-bond donors (Lipinski definition) is 1. The molecule has 0 heterocycles. The van der Waals surface area contributed by atoms with Gasteiger partial charge >= 0.3 is 0 Å². The molecule has 114 valence electrons. The lowest BCUT2D eigenvalue weighted by molar-refractivity contribution is -0.384. The average Bonchev–Trinajstić information content (AvgIpc) is 2.46. The number of ether oxygens (including phenoxy) is 1. The first kappa shape index (κ1) is 15.4. The van der Waals surface area contributed by atoms with Crippen molar-refractivity contribution < 1.29 is 23.2 Å². The van der Waals surface area contributed by atoms with Crippen molar-refractivity contribution in [2.24, 2.45) is 0 Å². The lowest BCUT2D eigenvalue weighted by Gasteiger charge is -2.10. The highest BCUT2D eigenvalue weighted by molar-refractivity contribution is 6.05. The summed E-state index contributed by atoms with van der Waals surface area (Å²) in [5, 5.41) is 13.1. The van der Waals surface area contributed by atoms with E-state index in [4.69, 9.17) is 4.74 Å². The second-order valence-corrected chi connectivity index (χ2v) is 4.25. The van der Waals surface area contributed by atoms with Crippen LogP contribution in [0.1, 0.15) is 10.4 Å². The SMILES string of the molecule is COc1ccc([N+](=O)[O-])cc1NC(=O)c1cc(F)cc(F)c1. The summed E-state index contributed by atoms with van der Waals surface area (Å²) < 4.78 is 31.2. The van der Waals surface area contributed by atoms with E-state index >= 15 is 0 Å². The van der Waals surface area contributed by atoms with Gasteiger partial charge in [0.1, 0.15) is 17.4 Å². The van der Waals surface area contributed by atoms with Gasteiger partial charge in [-0.1, -0.05) is 0 Å². The van der Waals surface area contributed by atoms with Gasteiger partial charge in [0.25, 0.3) is 11.6 Å². The molecule has 0 radical (unpaired) electrons. The summed E-state index contributed by atoms with van der Waals surface area (Å²) in [6.45, 7) is 0. The molecule has 0 fully saturated rings. The first-order chi connectivity index (χ1) is 10.4. The van der Waals surface area contributed by atoms with E-state index in [1.54, 1.807) is 0 Å². The predicted octanol–water partition coefficient (Wildman–Crippen LogP) is 3.13. The van der Waals surface area contributed by atoms with Gasteiger partial charge in [-0.05, 0) is 18.2 Å². The minimum Gasteiger partial charge on any atom is -0.495 e. The number of benzene rings is 2. The van der Waals surface area contributed by atoms with Crippen molar-refractivity contribution >= 4 is 17.3 Å². The Kier molecular flexibility index (Phi) is 4.31. The Hall–Kier alpha value is -3.03. The van der Waals surface area contributed by atoms with Crippen LogP contribution in [0.25, 0.3) is 0 Å². The van der Waals surface area contributed by atoms with Gasteiger partial charge in [0.15, 0.2) is 0 Å². The molecule has 22 heavy (non-hydrogen) atoms. The number of anilines is 1. The largest absolute Gasteiger partial charge is 0.495 e. The Balaban J connectivity index is 2.34. The molecular formula is C14H10F2N2O4. The molecule has 0 aromatic heterocycles. The van der Waals surface area contributed by atoms with E-state index in [9.17, 15) is 23.7 Å². The van der Waals surface area contributed by atoms with Gasteiger partial charge < -0.3 is 10.1 Å². The third-order valence-corrected chi connectivity index (χ3v) is 2.77. The van der Waals surface area contributed by atoms with E-state index in [-0.39, 0.29) is 22.7 Å². The Morgan fingerprint density at radius 3 is 2.36 bits per heavy atom. The zero-order chi connectivity index (χ0) is 16.3. The number of nitro benzene ring substituents is 1. The van der Waals surface area contributed by atoms with Crippen molar-refractivity contribution in [3.8, 4) is 5.75 Å². The maximum Gasteiger partial charge on any atom is 0.271 e. The molecule has 0 bridgehead atoms. The fraction of sp³-hybridized carbons (Fsp3) is 0.0714. The van der Waals surface area contributed by atoms with Crippen molar-refractivity contribution in [1.29, 1.82) is 0 Å². The Labute approximate surface area is 123 Å². The molecular weight excluding hydrogens is 298 g/mol. The molecule has 0 unspecified atom stereocenters. The molecule has 0 atom stereocenters. The highest BCUT2D eigenvalue weighted by Crippen LogP contribution is 2.29. The number of nitro groups is 1. The molecule has 2 rings (SSSR count). The minimum atomic E-state index is -0.906. The fourth-order valence-corrected chi connectivity index (χ4v) is 1.79. The monoisotopic (exact) mass is 308 g/mol. The summed E-state index contributed by atoms with van der Waals surface area (Å²) in [5.41, 5.74) is -0.501. The van der Waals surface area contributed by atoms with Crippen LogP contribution in [0.4, 0.5) is 20.2 Å². The third kappa shape index (κ3) is 3.35. The second-order valence-electron chi connectivity index (χ2n) is 4.25. The Bertz CT molecular complexity index is 729. The van der Waals surface area contributed by atoms with Gasteiger partial charge in [0.05, 0.1) is 17.7 Å². The van der Waals surface area contributed by atoms with Crippen LogP contribution in [0.2, 0.25) is 0 Å². The zero-order valence-corrected chi connectivity index (χ0v) is 11.3. The Morgan fingerprint density at radius 2 is 1.82 bits per heavy atom. The van der Waals surface area contributed by atoms with E-state index in [0.717, 1.165) is 18.2 Å². The van der Waals surface area contributed by atoms with Crippen molar-refractivity contribution in [1.82, 2.24) is 0 Å². The molecule has 0 saturated carbocycles. The number of halogens is 2. The number of nitrogens with zero attached hydrogens (tertiary/aromatic N) is 1. The number of carbonyl (C=O) groups excluding carboxylic acids is 1. The van der Waals surface area contributed by atoms with E-state index in [1.807, 2.05) is 0 Å². The molecule has 0 aliphatic rings. The first-order valence-electron chi connectivity index (χ1n) is 6.00. The average molecular weight is 308 g/mol. The van der Waals surface area contributed by atoms with E-state index < -0.39 is 22.5 Å². The predicted molar refractivity (Wildman–Crippen MR) is 74.0 cm³/mol. The maximum absolute atomic E-state index is 13.1. The first-order valence-corrected chi connectivity index (χ1v) is 6.00. The van der Waals surface area contributed by atoms with Gasteiger partial charge in [-0.15, -0.1) is 0 Å². The van der Waals surface area contributed by atoms with Gasteiger partial charge in [0.2, 0.25) is 0 Å². The highest BCUT2D eigenvalue weighted by atomic mass is 19.1. The number of rotatable bonds is 4. The summed E-state index contributed by atoms with van der Waals surface area (Å²) in [5.74, 6) is -2.46. The summed E-state index contributed by atoms with van der Waals surface area (Å²) in [7, 11) is 1.32. The van der Waals surface area contributed by atoms with E-state index in [1.165, 1.54) is 19.2 Å². The summed E-state index contributed by atoms with van der Waals surface area (Å²) in [6.07, 6.45) is 0. The van der Waals surface area contributed by atoms with Crippen LogP contribution in [0.15, 0.2) is 36.4 Å². The number of amides is 1. The maximum atomic E-state index is 13.1. The lowest BCUT2D eigenvalue weighted by atomic mass is 10.2. The number of nitrogens with one attached hydrogen (secondary N) is 1. The molecule has 8 heteroatoms. The number of non-ortho nitro benzene ring substituents is 1. The molecule has 0 aliphatic heterocycles. The normalized spacial score (nSPS) is 10.1. The minimum absolute atomic E-state index is 0.0198. The zero-order valence-electron chi connectivity index (χ0n) is 11.3. The topological polar surface area (TPSA) is 81.5 Å². The van der Waals surface area contributed by atoms with Crippen molar-refractivity contribution in [2.75, 3.05) is 12.4 Å². The quantitative estimate of drug-likeness (QED) is 0.695. The smallest absolute Gasteiger partial charge is 0.271 e. The molecule has 0 saturated heterocycles. The van der Waals surface area contributed by atoms with Gasteiger partial charge in [-0.3, -0.25) is 14.9 Å². The van der Waals surface area contributed by atoms with E-state index in [2.05, 4.69) is 5.32 Å². The third-order valence-electron chi connectivity index (χ3n) is 2.77. The molecule has 1 N–H and O–H groups in total. The van der Waals surface area contributed by atoms with Crippen LogP contribution in [0.3, 0.4) is 0 Å². The van der Waals surface area contributed by atoms with Crippen LogP contribution in [0.5, 0.6) is 5.75 Å². The Morgan fingerprint density at radius 1 is 1.18 bits per heavy atom. The number of carbonyl (C=O) groups is 1.